The third-order valence-corrected chi connectivity index (χ3v) is 3.49. The Labute approximate surface area is 112 Å². The highest BCUT2D eigenvalue weighted by Crippen LogP contribution is 2.37. The highest BCUT2D eigenvalue weighted by Gasteiger charge is 2.36. The molecule has 2 aromatic rings. The summed E-state index contributed by atoms with van der Waals surface area (Å²) in [6.07, 6.45) is -0.273. The van der Waals surface area contributed by atoms with Crippen molar-refractivity contribution in [2.75, 3.05) is 7.05 Å². The summed E-state index contributed by atoms with van der Waals surface area (Å²) in [7, 11) is 1.90. The van der Waals surface area contributed by atoms with Crippen LogP contribution in [0.15, 0.2) is 54.6 Å². The lowest BCUT2D eigenvalue weighted by molar-refractivity contribution is 0.261. The van der Waals surface area contributed by atoms with Crippen LogP contribution in [0.1, 0.15) is 17.2 Å². The predicted molar refractivity (Wildman–Crippen MR) is 75.9 cm³/mol. The van der Waals surface area contributed by atoms with E-state index in [0.29, 0.717) is 5.71 Å². The minimum Gasteiger partial charge on any atom is -0.482 e. The van der Waals surface area contributed by atoms with Gasteiger partial charge >= 0.3 is 0 Å². The van der Waals surface area contributed by atoms with E-state index in [4.69, 9.17) is 10.1 Å². The number of fused-ring (bicyclic) bond motifs is 1. The lowest BCUT2D eigenvalue weighted by atomic mass is 9.96. The minimum absolute atomic E-state index is 0.0314. The van der Waals surface area contributed by atoms with Crippen molar-refractivity contribution in [2.45, 2.75) is 12.1 Å². The van der Waals surface area contributed by atoms with Gasteiger partial charge < -0.3 is 15.5 Å². The molecule has 0 radical (unpaired) electrons. The summed E-state index contributed by atoms with van der Waals surface area (Å²) in [4.78, 5) is 0. The van der Waals surface area contributed by atoms with Crippen LogP contribution in [-0.2, 0) is 0 Å². The normalized spacial score (nSPS) is 20.7. The molecule has 2 aromatic carbocycles. The fourth-order valence-electron chi connectivity index (χ4n) is 2.53. The number of hydrogen-bond donors (Lipinski definition) is 2. The zero-order valence-corrected chi connectivity index (χ0v) is 10.8. The maximum Gasteiger partial charge on any atom is 0.160 e. The molecule has 19 heavy (non-hydrogen) atoms. The summed E-state index contributed by atoms with van der Waals surface area (Å²) >= 11 is 0. The number of ether oxygens (including phenoxy) is 1. The van der Waals surface area contributed by atoms with Crippen molar-refractivity contribution in [3.63, 3.8) is 0 Å². The van der Waals surface area contributed by atoms with Gasteiger partial charge in [-0.15, -0.1) is 0 Å². The molecule has 3 nitrogen and oxygen atoms in total. The summed E-state index contributed by atoms with van der Waals surface area (Å²) in [5.74, 6) is 0.868. The quantitative estimate of drug-likeness (QED) is 0.825. The van der Waals surface area contributed by atoms with Crippen molar-refractivity contribution in [2.24, 2.45) is 0 Å². The van der Waals surface area contributed by atoms with Gasteiger partial charge in [0, 0.05) is 5.56 Å². The second-order valence-electron chi connectivity index (χ2n) is 4.62. The molecule has 3 rings (SSSR count). The molecule has 1 heterocycles. The van der Waals surface area contributed by atoms with Gasteiger partial charge in [-0.05, 0) is 18.7 Å². The van der Waals surface area contributed by atoms with Crippen molar-refractivity contribution in [3.05, 3.63) is 65.7 Å². The lowest BCUT2D eigenvalue weighted by Gasteiger charge is -2.19. The van der Waals surface area contributed by atoms with Gasteiger partial charge in [0.05, 0.1) is 11.8 Å². The summed E-state index contributed by atoms with van der Waals surface area (Å²) in [6, 6.07) is 17.7. The third-order valence-electron chi connectivity index (χ3n) is 3.49. The minimum atomic E-state index is -0.273. The molecule has 1 aliphatic heterocycles. The van der Waals surface area contributed by atoms with E-state index in [-0.39, 0.29) is 12.1 Å². The molecule has 0 bridgehead atoms. The number of rotatable bonds is 3. The van der Waals surface area contributed by atoms with Gasteiger partial charge in [0.2, 0.25) is 0 Å². The first kappa shape index (κ1) is 11.9. The molecule has 2 N–H and O–H groups in total. The number of likely N-dealkylation sites (N-methyl/N-ethyl adjacent to an activating group) is 1. The summed E-state index contributed by atoms with van der Waals surface area (Å²) in [5.41, 5.74) is 2.53. The highest BCUT2D eigenvalue weighted by molar-refractivity contribution is 6.02. The zero-order chi connectivity index (χ0) is 13.2. The van der Waals surface area contributed by atoms with Crippen LogP contribution in [0.25, 0.3) is 0 Å². The molecule has 0 aromatic heterocycles. The van der Waals surface area contributed by atoms with Crippen molar-refractivity contribution in [1.82, 2.24) is 5.32 Å². The molecule has 0 fully saturated rings. The SMILES string of the molecule is CNC1c2ccccc2OC1C(=N)c1ccccc1. The van der Waals surface area contributed by atoms with Gasteiger partial charge in [-0.2, -0.15) is 0 Å². The van der Waals surface area contributed by atoms with E-state index in [1.54, 1.807) is 0 Å². The third kappa shape index (κ3) is 2.02. The van der Waals surface area contributed by atoms with Crippen LogP contribution in [0.4, 0.5) is 0 Å². The zero-order valence-electron chi connectivity index (χ0n) is 10.8. The molecular formula is C16H16N2O. The molecule has 1 aliphatic rings. The van der Waals surface area contributed by atoms with Crippen molar-refractivity contribution < 1.29 is 4.74 Å². The Morgan fingerprint density at radius 2 is 1.74 bits per heavy atom. The fourth-order valence-corrected chi connectivity index (χ4v) is 2.53. The first-order chi connectivity index (χ1) is 9.31. The van der Waals surface area contributed by atoms with Crippen LogP contribution in [-0.4, -0.2) is 18.9 Å². The molecule has 2 atom stereocenters. The van der Waals surface area contributed by atoms with Gasteiger partial charge in [-0.3, -0.25) is 0 Å². The summed E-state index contributed by atoms with van der Waals surface area (Å²) < 4.78 is 5.94. The van der Waals surface area contributed by atoms with Gasteiger partial charge in [-0.25, -0.2) is 0 Å². The maximum absolute atomic E-state index is 8.37. The van der Waals surface area contributed by atoms with E-state index in [1.165, 1.54) is 0 Å². The van der Waals surface area contributed by atoms with Gasteiger partial charge in [0.1, 0.15) is 5.75 Å². The van der Waals surface area contributed by atoms with Crippen LogP contribution in [0.2, 0.25) is 0 Å². The Bertz CT molecular complexity index is 595. The van der Waals surface area contributed by atoms with Crippen molar-refractivity contribution >= 4 is 5.71 Å². The Kier molecular flexibility index (Phi) is 3.05. The molecule has 3 heteroatoms. The van der Waals surface area contributed by atoms with Gasteiger partial charge in [-0.1, -0.05) is 48.5 Å². The molecular weight excluding hydrogens is 236 g/mol. The van der Waals surface area contributed by atoms with Crippen LogP contribution in [0.5, 0.6) is 5.75 Å². The standard InChI is InChI=1S/C16H16N2O/c1-18-15-12-9-5-6-10-13(12)19-16(15)14(17)11-7-3-2-4-8-11/h2-10,15-18H,1H3. The second kappa shape index (κ2) is 4.86. The fraction of sp³-hybridized carbons (Fsp3) is 0.188. The molecule has 0 saturated heterocycles. The lowest BCUT2D eigenvalue weighted by Crippen LogP contribution is -2.35. The van der Waals surface area contributed by atoms with E-state index in [0.717, 1.165) is 16.9 Å². The highest BCUT2D eigenvalue weighted by atomic mass is 16.5. The topological polar surface area (TPSA) is 45.1 Å². The Morgan fingerprint density at radius 3 is 2.47 bits per heavy atom. The molecule has 0 saturated carbocycles. The number of para-hydroxylation sites is 1. The second-order valence-corrected chi connectivity index (χ2v) is 4.62. The summed E-state index contributed by atoms with van der Waals surface area (Å²) in [6.45, 7) is 0. The first-order valence-corrected chi connectivity index (χ1v) is 6.38. The van der Waals surface area contributed by atoms with Crippen LogP contribution in [0, 0.1) is 5.41 Å². The number of benzene rings is 2. The van der Waals surface area contributed by atoms with Crippen LogP contribution >= 0.6 is 0 Å². The van der Waals surface area contributed by atoms with Crippen molar-refractivity contribution in [3.8, 4) is 5.75 Å². The first-order valence-electron chi connectivity index (χ1n) is 6.38. The van der Waals surface area contributed by atoms with E-state index in [1.807, 2.05) is 55.6 Å². The predicted octanol–water partition coefficient (Wildman–Crippen LogP) is 2.78. The van der Waals surface area contributed by atoms with E-state index in [9.17, 15) is 0 Å². The molecule has 0 amide bonds. The summed E-state index contributed by atoms with van der Waals surface area (Å²) in [5, 5.41) is 11.6. The van der Waals surface area contributed by atoms with Crippen LogP contribution < -0.4 is 10.1 Å². The van der Waals surface area contributed by atoms with E-state index in [2.05, 4.69) is 11.4 Å². The average molecular weight is 252 g/mol. The maximum atomic E-state index is 8.37. The van der Waals surface area contributed by atoms with Gasteiger partial charge in [0.15, 0.2) is 6.10 Å². The smallest absolute Gasteiger partial charge is 0.160 e. The number of hydrogen-bond acceptors (Lipinski definition) is 3. The van der Waals surface area contributed by atoms with E-state index < -0.39 is 0 Å². The van der Waals surface area contributed by atoms with E-state index >= 15 is 0 Å². The largest absolute Gasteiger partial charge is 0.482 e. The molecule has 96 valence electrons. The Morgan fingerprint density at radius 1 is 1.05 bits per heavy atom. The van der Waals surface area contributed by atoms with Gasteiger partial charge in [0.25, 0.3) is 0 Å². The average Bonchev–Trinajstić information content (AvgIpc) is 2.85. The van der Waals surface area contributed by atoms with Crippen LogP contribution in [0.3, 0.4) is 0 Å². The molecule has 0 aliphatic carbocycles. The molecule has 0 spiro atoms. The Hall–Kier alpha value is -2.13. The van der Waals surface area contributed by atoms with Crippen molar-refractivity contribution in [1.29, 1.82) is 5.41 Å². The molecule has 2 unspecified atom stereocenters. The monoisotopic (exact) mass is 252 g/mol. The number of nitrogens with one attached hydrogen (secondary N) is 2. The Balaban J connectivity index is 1.93.